The minimum atomic E-state index is -0.545. The van der Waals surface area contributed by atoms with Crippen molar-refractivity contribution in [3.63, 3.8) is 0 Å². The van der Waals surface area contributed by atoms with Crippen molar-refractivity contribution in [3.05, 3.63) is 64.9 Å². The van der Waals surface area contributed by atoms with Crippen LogP contribution in [0.4, 0.5) is 8.78 Å². The Labute approximate surface area is 171 Å². The Morgan fingerprint density at radius 2 is 2.03 bits per heavy atom. The first-order valence-corrected chi connectivity index (χ1v) is 9.47. The standard InChI is InChI=1S/C22H20F2N2O4/c1-29-19(27)11-30-18-4-2-3-16-21(18)20-14(22(25)28)6-8-17(20)26(16)10-12-9-13(23)5-7-15(12)24/h2-5,7,9,14H,6,8,10-11H2,1H3,(H2,25,28). The molecule has 1 heterocycles. The molecule has 0 fully saturated rings. The molecule has 2 N–H and O–H groups in total. The van der Waals surface area contributed by atoms with E-state index in [9.17, 15) is 18.4 Å². The quantitative estimate of drug-likeness (QED) is 0.629. The van der Waals surface area contributed by atoms with Crippen LogP contribution in [-0.2, 0) is 27.3 Å². The van der Waals surface area contributed by atoms with Crippen LogP contribution in [0.3, 0.4) is 0 Å². The van der Waals surface area contributed by atoms with Crippen molar-refractivity contribution in [2.45, 2.75) is 25.3 Å². The third-order valence-electron chi connectivity index (χ3n) is 5.47. The topological polar surface area (TPSA) is 83.6 Å². The molecule has 1 unspecified atom stereocenters. The SMILES string of the molecule is COC(=O)COc1cccc2c1c1c(n2Cc2cc(F)ccc2F)CCC1C(N)=O. The van der Waals surface area contributed by atoms with E-state index in [2.05, 4.69) is 4.74 Å². The average Bonchev–Trinajstić information content (AvgIpc) is 3.28. The van der Waals surface area contributed by atoms with Crippen molar-refractivity contribution in [1.82, 2.24) is 4.57 Å². The number of nitrogens with two attached hydrogens (primary N) is 1. The Kier molecular flexibility index (Phi) is 5.15. The highest BCUT2D eigenvalue weighted by molar-refractivity contribution is 5.97. The molecule has 2 aromatic carbocycles. The molecule has 0 aliphatic heterocycles. The molecule has 0 saturated heterocycles. The molecule has 4 rings (SSSR count). The molecule has 0 saturated carbocycles. The third-order valence-corrected chi connectivity index (χ3v) is 5.47. The number of methoxy groups -OCH3 is 1. The Balaban J connectivity index is 1.88. The molecule has 156 valence electrons. The summed E-state index contributed by atoms with van der Waals surface area (Å²) < 4.78 is 40.2. The van der Waals surface area contributed by atoms with E-state index in [0.717, 1.165) is 29.5 Å². The van der Waals surface area contributed by atoms with Gasteiger partial charge in [-0.3, -0.25) is 4.79 Å². The Bertz CT molecular complexity index is 1160. The van der Waals surface area contributed by atoms with Gasteiger partial charge in [-0.1, -0.05) is 6.07 Å². The minimum absolute atomic E-state index is 0.0847. The average molecular weight is 414 g/mol. The van der Waals surface area contributed by atoms with Gasteiger partial charge < -0.3 is 19.8 Å². The van der Waals surface area contributed by atoms with Gasteiger partial charge in [0.15, 0.2) is 6.61 Å². The molecule has 1 atom stereocenters. The predicted molar refractivity (Wildman–Crippen MR) is 105 cm³/mol. The van der Waals surface area contributed by atoms with Gasteiger partial charge in [0, 0.05) is 16.6 Å². The van der Waals surface area contributed by atoms with Crippen LogP contribution < -0.4 is 10.5 Å². The zero-order valence-corrected chi connectivity index (χ0v) is 16.3. The van der Waals surface area contributed by atoms with E-state index in [1.54, 1.807) is 12.1 Å². The van der Waals surface area contributed by atoms with Gasteiger partial charge in [0.1, 0.15) is 17.4 Å². The Morgan fingerprint density at radius 3 is 2.77 bits per heavy atom. The van der Waals surface area contributed by atoms with E-state index in [4.69, 9.17) is 10.5 Å². The summed E-state index contributed by atoms with van der Waals surface area (Å²) in [7, 11) is 1.26. The van der Waals surface area contributed by atoms with Crippen molar-refractivity contribution >= 4 is 22.8 Å². The maximum atomic E-state index is 14.3. The van der Waals surface area contributed by atoms with Crippen molar-refractivity contribution in [2.75, 3.05) is 13.7 Å². The first kappa shape index (κ1) is 19.9. The number of esters is 1. The number of amides is 1. The molecule has 0 radical (unpaired) electrons. The lowest BCUT2D eigenvalue weighted by Gasteiger charge is -2.12. The smallest absolute Gasteiger partial charge is 0.343 e. The second-order valence-electron chi connectivity index (χ2n) is 7.19. The van der Waals surface area contributed by atoms with Gasteiger partial charge in [-0.15, -0.1) is 0 Å². The van der Waals surface area contributed by atoms with E-state index in [1.165, 1.54) is 7.11 Å². The van der Waals surface area contributed by atoms with E-state index < -0.39 is 29.4 Å². The van der Waals surface area contributed by atoms with Crippen LogP contribution in [0.25, 0.3) is 10.9 Å². The second kappa shape index (κ2) is 7.78. The maximum Gasteiger partial charge on any atom is 0.343 e. The molecular formula is C22H20F2N2O4. The molecule has 1 amide bonds. The van der Waals surface area contributed by atoms with Gasteiger partial charge in [0.05, 0.1) is 25.1 Å². The lowest BCUT2D eigenvalue weighted by atomic mass is 9.99. The number of primary amides is 1. The summed E-state index contributed by atoms with van der Waals surface area (Å²) in [6.45, 7) is -0.212. The molecule has 8 heteroatoms. The van der Waals surface area contributed by atoms with E-state index in [-0.39, 0.29) is 18.7 Å². The summed E-state index contributed by atoms with van der Waals surface area (Å²) in [5.74, 6) is -2.18. The Hall–Kier alpha value is -3.42. The largest absolute Gasteiger partial charge is 0.481 e. The number of carbonyl (C=O) groups is 2. The number of halogens is 2. The summed E-state index contributed by atoms with van der Waals surface area (Å²) in [4.78, 5) is 23.6. The number of hydrogen-bond acceptors (Lipinski definition) is 4. The zero-order chi connectivity index (χ0) is 21.4. The molecular weight excluding hydrogens is 394 g/mol. The fraction of sp³-hybridized carbons (Fsp3) is 0.273. The second-order valence-corrected chi connectivity index (χ2v) is 7.19. The van der Waals surface area contributed by atoms with E-state index in [1.807, 2.05) is 10.6 Å². The third kappa shape index (κ3) is 3.38. The summed E-state index contributed by atoms with van der Waals surface area (Å²) in [6.07, 6.45) is 1.08. The molecule has 0 bridgehead atoms. The van der Waals surface area contributed by atoms with Gasteiger partial charge in [0.25, 0.3) is 0 Å². The summed E-state index contributed by atoms with van der Waals surface area (Å²) in [5.41, 5.74) is 8.06. The van der Waals surface area contributed by atoms with E-state index in [0.29, 0.717) is 29.5 Å². The van der Waals surface area contributed by atoms with Crippen molar-refractivity contribution in [2.24, 2.45) is 5.73 Å². The van der Waals surface area contributed by atoms with Crippen molar-refractivity contribution in [3.8, 4) is 5.75 Å². The molecule has 1 aliphatic rings. The van der Waals surface area contributed by atoms with Gasteiger partial charge in [-0.2, -0.15) is 0 Å². The number of nitrogens with zero attached hydrogens (tertiary/aromatic N) is 1. The zero-order valence-electron chi connectivity index (χ0n) is 16.3. The lowest BCUT2D eigenvalue weighted by Crippen LogP contribution is -2.19. The van der Waals surface area contributed by atoms with Crippen LogP contribution >= 0.6 is 0 Å². The number of carbonyl (C=O) groups excluding carboxylic acids is 2. The molecule has 3 aromatic rings. The number of aromatic nitrogens is 1. The highest BCUT2D eigenvalue weighted by atomic mass is 19.1. The molecule has 1 aromatic heterocycles. The minimum Gasteiger partial charge on any atom is -0.481 e. The van der Waals surface area contributed by atoms with Crippen LogP contribution in [0.5, 0.6) is 5.75 Å². The van der Waals surface area contributed by atoms with Crippen LogP contribution in [0, 0.1) is 11.6 Å². The predicted octanol–water partition coefficient (Wildman–Crippen LogP) is 3.03. The fourth-order valence-electron chi connectivity index (χ4n) is 4.14. The Morgan fingerprint density at radius 1 is 1.23 bits per heavy atom. The van der Waals surface area contributed by atoms with Crippen LogP contribution in [-0.4, -0.2) is 30.2 Å². The van der Waals surface area contributed by atoms with Gasteiger partial charge in [0.2, 0.25) is 5.91 Å². The highest BCUT2D eigenvalue weighted by Gasteiger charge is 2.34. The molecule has 1 aliphatic carbocycles. The number of hydrogen-bond donors (Lipinski definition) is 1. The normalized spacial score (nSPS) is 15.2. The summed E-state index contributed by atoms with van der Waals surface area (Å²) in [6, 6.07) is 8.56. The first-order valence-electron chi connectivity index (χ1n) is 9.47. The number of rotatable bonds is 6. The molecule has 30 heavy (non-hydrogen) atoms. The summed E-state index contributed by atoms with van der Waals surface area (Å²) >= 11 is 0. The van der Waals surface area contributed by atoms with Crippen LogP contribution in [0.2, 0.25) is 0 Å². The van der Waals surface area contributed by atoms with Crippen LogP contribution in [0.15, 0.2) is 36.4 Å². The van der Waals surface area contributed by atoms with Gasteiger partial charge in [-0.25, -0.2) is 13.6 Å². The highest BCUT2D eigenvalue weighted by Crippen LogP contribution is 2.44. The maximum absolute atomic E-state index is 14.3. The number of benzene rings is 2. The van der Waals surface area contributed by atoms with Crippen molar-refractivity contribution < 1.29 is 27.8 Å². The fourth-order valence-corrected chi connectivity index (χ4v) is 4.14. The monoisotopic (exact) mass is 414 g/mol. The van der Waals surface area contributed by atoms with E-state index >= 15 is 0 Å². The van der Waals surface area contributed by atoms with Gasteiger partial charge in [-0.05, 0) is 48.7 Å². The number of ether oxygens (including phenoxy) is 2. The summed E-state index contributed by atoms with van der Waals surface area (Å²) in [5, 5.41) is 0.648. The van der Waals surface area contributed by atoms with Crippen molar-refractivity contribution in [1.29, 1.82) is 0 Å². The van der Waals surface area contributed by atoms with Gasteiger partial charge >= 0.3 is 5.97 Å². The first-order chi connectivity index (χ1) is 14.4. The van der Waals surface area contributed by atoms with Crippen LogP contribution in [0.1, 0.15) is 29.2 Å². The lowest BCUT2D eigenvalue weighted by molar-refractivity contribution is -0.142. The molecule has 0 spiro atoms. The number of fused-ring (bicyclic) bond motifs is 3. The molecule has 6 nitrogen and oxygen atoms in total.